The van der Waals surface area contributed by atoms with E-state index in [1.54, 1.807) is 0 Å². The van der Waals surface area contributed by atoms with E-state index in [-0.39, 0.29) is 22.4 Å². The third-order valence-electron chi connectivity index (χ3n) is 6.22. The monoisotopic (exact) mass is 471 g/mol. The Labute approximate surface area is 201 Å². The van der Waals surface area contributed by atoms with Crippen LogP contribution in [-0.2, 0) is 5.41 Å². The molecule has 0 aromatic heterocycles. The van der Waals surface area contributed by atoms with E-state index in [9.17, 15) is 19.1 Å². The maximum Gasteiger partial charge on any atom is 0.336 e. The zero-order valence-corrected chi connectivity index (χ0v) is 19.0. The molecule has 0 saturated heterocycles. The van der Waals surface area contributed by atoms with E-state index in [0.717, 1.165) is 29.3 Å². The van der Waals surface area contributed by atoms with Gasteiger partial charge in [0, 0.05) is 16.5 Å². The summed E-state index contributed by atoms with van der Waals surface area (Å²) in [6.07, 6.45) is 0.379. The zero-order chi connectivity index (χ0) is 25.0. The highest BCUT2D eigenvalue weighted by atomic mass is 19.1. The van der Waals surface area contributed by atoms with Gasteiger partial charge in [-0.15, -0.1) is 0 Å². The van der Waals surface area contributed by atoms with E-state index in [2.05, 4.69) is 5.32 Å². The summed E-state index contributed by atoms with van der Waals surface area (Å²) >= 11 is 0. The molecule has 4 nitrogen and oxygen atoms in total. The predicted molar refractivity (Wildman–Crippen MR) is 131 cm³/mol. The fourth-order valence-corrected chi connectivity index (χ4v) is 4.59. The number of rotatable bonds is 7. The minimum Gasteiger partial charge on any atom is -0.478 e. The molecular weight excluding hydrogens is 448 g/mol. The highest BCUT2D eigenvalue weighted by Gasteiger charge is 2.41. The molecule has 0 radical (unpaired) electrons. The molecule has 2 N–H and O–H groups in total. The van der Waals surface area contributed by atoms with Crippen LogP contribution in [0.4, 0.5) is 14.5 Å². The quantitative estimate of drug-likeness (QED) is 0.296. The number of hydrogen-bond donors (Lipinski definition) is 2. The number of carboxylic acids is 1. The molecule has 0 heterocycles. The van der Waals surface area contributed by atoms with Gasteiger partial charge in [-0.05, 0) is 53.9 Å². The van der Waals surface area contributed by atoms with Crippen LogP contribution in [0.1, 0.15) is 50.8 Å². The summed E-state index contributed by atoms with van der Waals surface area (Å²) in [5.41, 5.74) is 0.297. The molecule has 4 rings (SSSR count). The SMILES string of the molecule is CCC(c1ccccc1)(c1ccccc1)c1c(C(=O)O)ccc(F)c1NC(=O)c1ccc(F)cc1. The summed E-state index contributed by atoms with van der Waals surface area (Å²) in [5.74, 6) is -3.22. The lowest BCUT2D eigenvalue weighted by Crippen LogP contribution is -2.33. The second-order valence-electron chi connectivity index (χ2n) is 8.10. The molecule has 4 aromatic rings. The predicted octanol–water partition coefficient (Wildman–Crippen LogP) is 6.66. The molecule has 0 spiro atoms. The molecule has 176 valence electrons. The second kappa shape index (κ2) is 9.89. The molecule has 4 aromatic carbocycles. The van der Waals surface area contributed by atoms with Gasteiger partial charge in [0.25, 0.3) is 5.91 Å². The number of nitrogens with one attached hydrogen (secondary N) is 1. The number of halogens is 2. The fraction of sp³-hybridized carbons (Fsp3) is 0.103. The van der Waals surface area contributed by atoms with E-state index in [4.69, 9.17) is 0 Å². The first-order chi connectivity index (χ1) is 16.9. The maximum atomic E-state index is 15.5. The topological polar surface area (TPSA) is 66.4 Å². The molecular formula is C29H23F2NO3. The van der Waals surface area contributed by atoms with Crippen molar-refractivity contribution < 1.29 is 23.5 Å². The first-order valence-electron chi connectivity index (χ1n) is 11.1. The summed E-state index contributed by atoms with van der Waals surface area (Å²) in [6.45, 7) is 1.89. The molecule has 0 atom stereocenters. The van der Waals surface area contributed by atoms with Gasteiger partial charge in [-0.3, -0.25) is 4.79 Å². The van der Waals surface area contributed by atoms with Crippen LogP contribution >= 0.6 is 0 Å². The number of anilines is 1. The van der Waals surface area contributed by atoms with Crippen molar-refractivity contribution in [2.45, 2.75) is 18.8 Å². The van der Waals surface area contributed by atoms with Crippen molar-refractivity contribution in [3.05, 3.63) is 137 Å². The Hall–Kier alpha value is -4.32. The Morgan fingerprint density at radius 2 is 1.34 bits per heavy atom. The summed E-state index contributed by atoms with van der Waals surface area (Å²) in [7, 11) is 0. The number of benzene rings is 4. The summed E-state index contributed by atoms with van der Waals surface area (Å²) in [4.78, 5) is 25.5. The lowest BCUT2D eigenvalue weighted by atomic mass is 9.65. The Kier molecular flexibility index (Phi) is 6.73. The van der Waals surface area contributed by atoms with E-state index in [0.29, 0.717) is 6.42 Å². The summed E-state index contributed by atoms with van der Waals surface area (Å²) < 4.78 is 28.8. The van der Waals surface area contributed by atoms with Crippen LogP contribution in [0.2, 0.25) is 0 Å². The lowest BCUT2D eigenvalue weighted by molar-refractivity contribution is 0.0694. The highest BCUT2D eigenvalue weighted by molar-refractivity contribution is 6.06. The molecule has 0 aliphatic carbocycles. The van der Waals surface area contributed by atoms with E-state index in [1.165, 1.54) is 18.2 Å². The third-order valence-corrected chi connectivity index (χ3v) is 6.22. The van der Waals surface area contributed by atoms with Crippen molar-refractivity contribution >= 4 is 17.6 Å². The van der Waals surface area contributed by atoms with Gasteiger partial charge in [0.2, 0.25) is 0 Å². The van der Waals surface area contributed by atoms with E-state index in [1.807, 2.05) is 67.6 Å². The van der Waals surface area contributed by atoms with Crippen LogP contribution in [-0.4, -0.2) is 17.0 Å². The zero-order valence-electron chi connectivity index (χ0n) is 19.0. The standard InChI is InChI=1S/C29H23F2NO3/c1-2-29(20-9-5-3-6-10-20,21-11-7-4-8-12-21)25-23(28(34)35)17-18-24(31)26(25)32-27(33)19-13-15-22(30)16-14-19/h3-18H,2H2,1H3,(H,32,33)(H,34,35). The van der Waals surface area contributed by atoms with Crippen molar-refractivity contribution in [1.82, 2.24) is 0 Å². The number of carbonyl (C=O) groups excluding carboxylic acids is 1. The Bertz CT molecular complexity index is 1310. The van der Waals surface area contributed by atoms with Crippen molar-refractivity contribution in [1.29, 1.82) is 0 Å². The smallest absolute Gasteiger partial charge is 0.336 e. The molecule has 0 unspecified atom stereocenters. The maximum absolute atomic E-state index is 15.5. The van der Waals surface area contributed by atoms with Gasteiger partial charge in [0.15, 0.2) is 0 Å². The third kappa shape index (κ3) is 4.43. The Morgan fingerprint density at radius 3 is 1.83 bits per heavy atom. The largest absolute Gasteiger partial charge is 0.478 e. The van der Waals surface area contributed by atoms with Crippen molar-refractivity contribution in [2.75, 3.05) is 5.32 Å². The molecule has 6 heteroatoms. The van der Waals surface area contributed by atoms with Crippen LogP contribution in [0.5, 0.6) is 0 Å². The molecule has 0 aliphatic heterocycles. The minimum absolute atomic E-state index is 0.110. The van der Waals surface area contributed by atoms with Gasteiger partial charge in [-0.25, -0.2) is 13.6 Å². The first kappa shape index (κ1) is 23.8. The lowest BCUT2D eigenvalue weighted by Gasteiger charge is -2.37. The molecule has 0 fully saturated rings. The highest BCUT2D eigenvalue weighted by Crippen LogP contribution is 2.47. The average Bonchev–Trinajstić information content (AvgIpc) is 2.88. The molecule has 1 amide bonds. The normalized spacial score (nSPS) is 11.2. The Balaban J connectivity index is 2.03. The van der Waals surface area contributed by atoms with Crippen molar-refractivity contribution in [3.8, 4) is 0 Å². The van der Waals surface area contributed by atoms with Crippen LogP contribution in [0.25, 0.3) is 0 Å². The Morgan fingerprint density at radius 1 is 0.800 bits per heavy atom. The van der Waals surface area contributed by atoms with Crippen LogP contribution in [0.15, 0.2) is 97.1 Å². The fourth-order valence-electron chi connectivity index (χ4n) is 4.59. The van der Waals surface area contributed by atoms with Gasteiger partial charge < -0.3 is 10.4 Å². The summed E-state index contributed by atoms with van der Waals surface area (Å²) in [5, 5.41) is 12.7. The van der Waals surface area contributed by atoms with E-state index >= 15 is 4.39 Å². The van der Waals surface area contributed by atoms with Crippen LogP contribution in [0, 0.1) is 11.6 Å². The molecule has 0 bridgehead atoms. The van der Waals surface area contributed by atoms with Crippen LogP contribution < -0.4 is 5.32 Å². The second-order valence-corrected chi connectivity index (χ2v) is 8.10. The average molecular weight is 472 g/mol. The number of carboxylic acid groups (broad SMARTS) is 1. The van der Waals surface area contributed by atoms with Gasteiger partial charge in [-0.2, -0.15) is 0 Å². The molecule has 0 saturated carbocycles. The van der Waals surface area contributed by atoms with Crippen molar-refractivity contribution in [2.24, 2.45) is 0 Å². The number of amides is 1. The van der Waals surface area contributed by atoms with Gasteiger partial charge in [-0.1, -0.05) is 67.6 Å². The van der Waals surface area contributed by atoms with Crippen molar-refractivity contribution in [3.63, 3.8) is 0 Å². The van der Waals surface area contributed by atoms with Gasteiger partial charge in [0.05, 0.1) is 11.3 Å². The molecule has 0 aliphatic rings. The minimum atomic E-state index is -1.25. The van der Waals surface area contributed by atoms with Gasteiger partial charge in [0.1, 0.15) is 11.6 Å². The van der Waals surface area contributed by atoms with Gasteiger partial charge >= 0.3 is 5.97 Å². The number of aromatic carboxylic acids is 1. The van der Waals surface area contributed by atoms with E-state index < -0.39 is 28.9 Å². The summed E-state index contributed by atoms with van der Waals surface area (Å²) in [6, 6.07) is 25.5. The number of hydrogen-bond acceptors (Lipinski definition) is 2. The number of carbonyl (C=O) groups is 2. The molecule has 35 heavy (non-hydrogen) atoms. The first-order valence-corrected chi connectivity index (χ1v) is 11.1. The van der Waals surface area contributed by atoms with Crippen LogP contribution in [0.3, 0.4) is 0 Å².